The highest BCUT2D eigenvalue weighted by molar-refractivity contribution is 6.31. The topological polar surface area (TPSA) is 67.9 Å². The van der Waals surface area contributed by atoms with Gasteiger partial charge < -0.3 is 19.7 Å². The average Bonchev–Trinajstić information content (AvgIpc) is 3.47. The van der Waals surface area contributed by atoms with E-state index in [1.54, 1.807) is 11.9 Å². The molecule has 1 aromatic carbocycles. The molecule has 1 unspecified atom stereocenters. The van der Waals surface area contributed by atoms with Crippen LogP contribution in [-0.4, -0.2) is 52.2 Å². The lowest BCUT2D eigenvalue weighted by molar-refractivity contribution is -0.140. The Morgan fingerprint density at radius 2 is 1.85 bits per heavy atom. The van der Waals surface area contributed by atoms with Crippen molar-refractivity contribution in [2.75, 3.05) is 35.4 Å². The van der Waals surface area contributed by atoms with E-state index in [0.717, 1.165) is 30.0 Å². The van der Waals surface area contributed by atoms with Crippen molar-refractivity contribution in [1.29, 1.82) is 0 Å². The maximum atomic E-state index is 12.1. The molecule has 1 saturated carbocycles. The fourth-order valence-electron chi connectivity index (χ4n) is 2.75. The molecule has 1 aliphatic rings. The fourth-order valence-corrected chi connectivity index (χ4v) is 2.94. The van der Waals surface area contributed by atoms with Gasteiger partial charge >= 0.3 is 11.9 Å². The molecule has 0 saturated heterocycles. The second-order valence-electron chi connectivity index (χ2n) is 6.45. The van der Waals surface area contributed by atoms with Gasteiger partial charge in [0.05, 0.1) is 26.3 Å². The molecule has 2 rings (SSSR count). The van der Waals surface area contributed by atoms with Gasteiger partial charge in [0.1, 0.15) is 5.70 Å². The van der Waals surface area contributed by atoms with E-state index in [9.17, 15) is 9.59 Å². The molecule has 7 heteroatoms. The minimum atomic E-state index is -0.598. The van der Waals surface area contributed by atoms with E-state index in [1.165, 1.54) is 14.2 Å². The lowest BCUT2D eigenvalue weighted by atomic mass is 9.99. The van der Waals surface area contributed by atoms with Crippen LogP contribution < -0.4 is 5.32 Å². The molecule has 0 spiro atoms. The minimum Gasteiger partial charge on any atom is -0.466 e. The normalized spacial score (nSPS) is 14.6. The van der Waals surface area contributed by atoms with Gasteiger partial charge in [-0.3, -0.25) is 0 Å². The van der Waals surface area contributed by atoms with Crippen molar-refractivity contribution in [3.63, 3.8) is 0 Å². The van der Waals surface area contributed by atoms with E-state index in [4.69, 9.17) is 16.3 Å². The molecule has 27 heavy (non-hydrogen) atoms. The van der Waals surface area contributed by atoms with Gasteiger partial charge in [0.25, 0.3) is 0 Å². The number of esters is 2. The molecule has 6 nitrogen and oxygen atoms in total. The highest BCUT2D eigenvalue weighted by Crippen LogP contribution is 2.45. The first-order valence-corrected chi connectivity index (χ1v) is 9.13. The van der Waals surface area contributed by atoms with Crippen LogP contribution in [0.4, 0.5) is 0 Å². The van der Waals surface area contributed by atoms with Crippen LogP contribution in [0.3, 0.4) is 0 Å². The predicted octanol–water partition coefficient (Wildman–Crippen LogP) is 3.10. The molecule has 0 amide bonds. The molecular weight excluding hydrogens is 368 g/mol. The molecule has 0 heterocycles. The Bertz CT molecular complexity index is 687. The smallest absolute Gasteiger partial charge is 0.354 e. The number of hydrogen-bond acceptors (Lipinski definition) is 6. The highest BCUT2D eigenvalue weighted by Gasteiger charge is 2.37. The fraction of sp³-hybridized carbons (Fsp3) is 0.500. The van der Waals surface area contributed by atoms with Gasteiger partial charge in [0, 0.05) is 12.1 Å². The van der Waals surface area contributed by atoms with Crippen molar-refractivity contribution in [2.45, 2.75) is 25.8 Å². The Morgan fingerprint density at radius 3 is 2.30 bits per heavy atom. The first-order valence-electron chi connectivity index (χ1n) is 8.75. The predicted molar refractivity (Wildman–Crippen MR) is 107 cm³/mol. The summed E-state index contributed by atoms with van der Waals surface area (Å²) in [5.41, 5.74) is 2.17. The van der Waals surface area contributed by atoms with Crippen molar-refractivity contribution >= 4 is 23.5 Å². The first-order chi connectivity index (χ1) is 12.8. The molecule has 0 bridgehead atoms. The number of ether oxygens (including phenoxy) is 2. The number of nitrogens with zero attached hydrogens (tertiary/aromatic N) is 1. The van der Waals surface area contributed by atoms with Crippen LogP contribution in [0.15, 0.2) is 30.0 Å². The van der Waals surface area contributed by atoms with Crippen LogP contribution in [0.2, 0.25) is 5.02 Å². The van der Waals surface area contributed by atoms with Gasteiger partial charge in [-0.2, -0.15) is 0 Å². The number of benzene rings is 1. The summed E-state index contributed by atoms with van der Waals surface area (Å²) < 4.78 is 9.48. The molecule has 1 N–H and O–H groups in total. The van der Waals surface area contributed by atoms with Gasteiger partial charge in [-0.15, -0.1) is 0 Å². The van der Waals surface area contributed by atoms with Gasteiger partial charge in [-0.1, -0.05) is 23.7 Å². The Labute approximate surface area is 166 Å². The minimum absolute atomic E-state index is 0.0573. The summed E-state index contributed by atoms with van der Waals surface area (Å²) in [6, 6.07) is 5.83. The second-order valence-corrected chi connectivity index (χ2v) is 6.85. The number of nitrogens with one attached hydrogen (secondary N) is 1. The second kappa shape index (κ2) is 10.9. The van der Waals surface area contributed by atoms with Crippen LogP contribution >= 0.6 is 11.6 Å². The molecule has 0 aromatic heterocycles. The number of rotatable bonds is 6. The van der Waals surface area contributed by atoms with Crippen molar-refractivity contribution in [3.05, 3.63) is 46.1 Å². The summed E-state index contributed by atoms with van der Waals surface area (Å²) in [7, 11) is 8.09. The van der Waals surface area contributed by atoms with E-state index < -0.39 is 11.9 Å². The van der Waals surface area contributed by atoms with Crippen molar-refractivity contribution in [2.24, 2.45) is 5.92 Å². The van der Waals surface area contributed by atoms with Crippen LogP contribution in [0.5, 0.6) is 0 Å². The number of carbonyl (C=O) groups excluding carboxylic acids is 2. The number of halogens is 1. The Balaban J connectivity index is 0.00000114. The largest absolute Gasteiger partial charge is 0.466 e. The summed E-state index contributed by atoms with van der Waals surface area (Å²) >= 11 is 6.26. The van der Waals surface area contributed by atoms with E-state index >= 15 is 0 Å². The molecule has 0 radical (unpaired) electrons. The summed E-state index contributed by atoms with van der Waals surface area (Å²) in [6.45, 7) is 1.94. The summed E-state index contributed by atoms with van der Waals surface area (Å²) in [5.74, 6) is -0.773. The molecule has 1 fully saturated rings. The van der Waals surface area contributed by atoms with Crippen LogP contribution in [0.1, 0.15) is 30.0 Å². The number of methoxy groups -OCH3 is 2. The van der Waals surface area contributed by atoms with E-state index in [1.807, 2.05) is 39.2 Å². The molecule has 1 aliphatic carbocycles. The molecule has 150 valence electrons. The summed E-state index contributed by atoms with van der Waals surface area (Å²) in [6.07, 6.45) is 3.29. The monoisotopic (exact) mass is 396 g/mol. The van der Waals surface area contributed by atoms with E-state index in [-0.39, 0.29) is 11.7 Å². The Morgan fingerprint density at radius 1 is 1.26 bits per heavy atom. The molecule has 1 aromatic rings. The van der Waals surface area contributed by atoms with Crippen LogP contribution in [-0.2, 0) is 19.1 Å². The van der Waals surface area contributed by atoms with Crippen molar-refractivity contribution < 1.29 is 19.1 Å². The third-order valence-corrected chi connectivity index (χ3v) is 4.66. The number of carbonyl (C=O) groups is 2. The Hall–Kier alpha value is -2.05. The maximum Gasteiger partial charge on any atom is 0.354 e. The van der Waals surface area contributed by atoms with Crippen molar-refractivity contribution in [3.8, 4) is 0 Å². The zero-order valence-electron chi connectivity index (χ0n) is 16.8. The third kappa shape index (κ3) is 6.56. The highest BCUT2D eigenvalue weighted by atomic mass is 35.5. The zero-order chi connectivity index (χ0) is 20.6. The van der Waals surface area contributed by atoms with Gasteiger partial charge in [0.2, 0.25) is 0 Å². The Kier molecular flexibility index (Phi) is 9.32. The molecular formula is C20H29ClN2O4. The summed E-state index contributed by atoms with van der Waals surface area (Å²) in [4.78, 5) is 25.6. The van der Waals surface area contributed by atoms with E-state index in [0.29, 0.717) is 10.9 Å². The van der Waals surface area contributed by atoms with Gasteiger partial charge in [-0.05, 0) is 57.0 Å². The lowest BCUT2D eigenvalue weighted by Gasteiger charge is -2.31. The first kappa shape index (κ1) is 23.0. The van der Waals surface area contributed by atoms with Crippen LogP contribution in [0.25, 0.3) is 0 Å². The van der Waals surface area contributed by atoms with Crippen LogP contribution in [0, 0.1) is 12.8 Å². The molecule has 1 atom stereocenters. The number of aryl methyl sites for hydroxylation is 1. The summed E-state index contributed by atoms with van der Waals surface area (Å²) in [5, 5.41) is 3.43. The average molecular weight is 397 g/mol. The van der Waals surface area contributed by atoms with Crippen molar-refractivity contribution in [1.82, 2.24) is 10.2 Å². The maximum absolute atomic E-state index is 12.1. The quantitative estimate of drug-likeness (QED) is 0.588. The van der Waals surface area contributed by atoms with Gasteiger partial charge in [-0.25, -0.2) is 9.59 Å². The van der Waals surface area contributed by atoms with Gasteiger partial charge in [0.15, 0.2) is 0 Å². The number of hydrogen-bond donors (Lipinski definition) is 1. The lowest BCUT2D eigenvalue weighted by Crippen LogP contribution is -2.31. The SMILES string of the molecule is CNC.COC(=O)/C=C(\C(=O)OC)N(C)C(c1ccc(C)c(Cl)c1)C1CC1. The standard InChI is InChI=1S/C18H22ClNO4.C2H7N/c1-11-5-6-13(9-14(11)19)17(12-7-8-12)20(2)15(18(22)24-4)10-16(21)23-3;1-3-2/h5-6,9-10,12,17H,7-8H2,1-4H3;3H,1-2H3/b15-10+;. The van der Waals surface area contributed by atoms with E-state index in [2.05, 4.69) is 10.1 Å². The number of likely N-dealkylation sites (N-methyl/N-ethyl adjacent to an activating group) is 1. The zero-order valence-corrected chi connectivity index (χ0v) is 17.6. The third-order valence-electron chi connectivity index (χ3n) is 4.25. The molecule has 0 aliphatic heterocycles.